The van der Waals surface area contributed by atoms with E-state index in [1.807, 2.05) is 11.0 Å². The molecule has 0 unspecified atom stereocenters. The lowest BCUT2D eigenvalue weighted by molar-refractivity contribution is -0.115. The second kappa shape index (κ2) is 3.91. The van der Waals surface area contributed by atoms with Gasteiger partial charge in [-0.2, -0.15) is 4.98 Å². The minimum atomic E-state index is -0.161. The van der Waals surface area contributed by atoms with Crippen LogP contribution >= 0.6 is 0 Å². The fourth-order valence-corrected chi connectivity index (χ4v) is 1.81. The van der Waals surface area contributed by atoms with Crippen molar-refractivity contribution in [2.75, 3.05) is 23.9 Å². The van der Waals surface area contributed by atoms with E-state index in [-0.39, 0.29) is 11.4 Å². The van der Waals surface area contributed by atoms with Crippen LogP contribution in [0.2, 0.25) is 0 Å². The van der Waals surface area contributed by atoms with E-state index in [0.29, 0.717) is 12.4 Å². The molecule has 2 heterocycles. The molecule has 0 bridgehead atoms. The summed E-state index contributed by atoms with van der Waals surface area (Å²) in [6, 6.07) is 3.56. The standard InChI is InChI=1S/C12H17N3O2/c1-12(2,3)15-7-9(16)13-8-5-6-10(17-4)14-11(8)15/h5-6H,7H2,1-4H3,(H,13,16). The molecule has 1 aromatic heterocycles. The van der Waals surface area contributed by atoms with Crippen LogP contribution in [0, 0.1) is 0 Å². The number of aromatic nitrogens is 1. The van der Waals surface area contributed by atoms with E-state index in [1.165, 1.54) is 0 Å². The van der Waals surface area contributed by atoms with Crippen molar-refractivity contribution in [2.24, 2.45) is 0 Å². The van der Waals surface area contributed by atoms with Crippen molar-refractivity contribution in [2.45, 2.75) is 26.3 Å². The van der Waals surface area contributed by atoms with Crippen LogP contribution in [-0.4, -0.2) is 30.1 Å². The molecule has 0 saturated carbocycles. The van der Waals surface area contributed by atoms with Gasteiger partial charge in [0.1, 0.15) is 0 Å². The maximum atomic E-state index is 11.6. The average Bonchev–Trinajstić information content (AvgIpc) is 2.26. The first-order valence-electron chi connectivity index (χ1n) is 5.54. The van der Waals surface area contributed by atoms with Gasteiger partial charge in [-0.25, -0.2) is 0 Å². The van der Waals surface area contributed by atoms with Crippen LogP contribution in [0.25, 0.3) is 0 Å². The number of nitrogens with zero attached hydrogens (tertiary/aromatic N) is 2. The van der Waals surface area contributed by atoms with Crippen molar-refractivity contribution in [1.29, 1.82) is 0 Å². The van der Waals surface area contributed by atoms with Crippen molar-refractivity contribution >= 4 is 17.4 Å². The maximum absolute atomic E-state index is 11.6. The summed E-state index contributed by atoms with van der Waals surface area (Å²) in [6.45, 7) is 6.47. The zero-order valence-corrected chi connectivity index (χ0v) is 10.6. The molecule has 1 aromatic rings. The van der Waals surface area contributed by atoms with Gasteiger partial charge in [0.05, 0.1) is 19.3 Å². The minimum absolute atomic E-state index is 0.0145. The quantitative estimate of drug-likeness (QED) is 0.804. The third-order valence-corrected chi connectivity index (χ3v) is 2.70. The number of amides is 1. The van der Waals surface area contributed by atoms with Crippen LogP contribution < -0.4 is 15.0 Å². The van der Waals surface area contributed by atoms with Crippen molar-refractivity contribution < 1.29 is 9.53 Å². The van der Waals surface area contributed by atoms with E-state index in [9.17, 15) is 4.79 Å². The molecule has 2 rings (SSSR count). The molecule has 1 aliphatic heterocycles. The summed E-state index contributed by atoms with van der Waals surface area (Å²) in [4.78, 5) is 18.0. The van der Waals surface area contributed by atoms with Gasteiger partial charge in [0.25, 0.3) is 0 Å². The molecule has 92 valence electrons. The van der Waals surface area contributed by atoms with Gasteiger partial charge in [-0.05, 0) is 26.8 Å². The van der Waals surface area contributed by atoms with Crippen molar-refractivity contribution in [3.8, 4) is 5.88 Å². The highest BCUT2D eigenvalue weighted by molar-refractivity contribution is 6.00. The van der Waals surface area contributed by atoms with Crippen molar-refractivity contribution in [3.05, 3.63) is 12.1 Å². The Bertz CT molecular complexity index is 452. The van der Waals surface area contributed by atoms with Crippen LogP contribution in [-0.2, 0) is 4.79 Å². The Kier molecular flexibility index (Phi) is 2.69. The summed E-state index contributed by atoms with van der Waals surface area (Å²) in [5, 5.41) is 2.81. The first-order chi connectivity index (χ1) is 7.91. The van der Waals surface area contributed by atoms with Gasteiger partial charge in [0.2, 0.25) is 11.8 Å². The molecule has 0 radical (unpaired) electrons. The van der Waals surface area contributed by atoms with E-state index in [4.69, 9.17) is 4.74 Å². The molecule has 0 saturated heterocycles. The lowest BCUT2D eigenvalue weighted by Gasteiger charge is -2.39. The van der Waals surface area contributed by atoms with Crippen LogP contribution in [0.1, 0.15) is 20.8 Å². The number of rotatable bonds is 1. The SMILES string of the molecule is COc1ccc2c(n1)N(C(C)(C)C)CC(=O)N2. The van der Waals surface area contributed by atoms with Crippen molar-refractivity contribution in [1.82, 2.24) is 4.98 Å². The van der Waals surface area contributed by atoms with E-state index in [1.54, 1.807) is 13.2 Å². The number of carbonyl (C=O) groups excluding carboxylic acids is 1. The molecule has 0 aliphatic carbocycles. The molecule has 0 atom stereocenters. The Morgan fingerprint density at radius 2 is 2.12 bits per heavy atom. The Morgan fingerprint density at radius 1 is 1.41 bits per heavy atom. The lowest BCUT2D eigenvalue weighted by atomic mass is 10.0. The highest BCUT2D eigenvalue weighted by Gasteiger charge is 2.31. The van der Waals surface area contributed by atoms with Crippen LogP contribution in [0.3, 0.4) is 0 Å². The fourth-order valence-electron chi connectivity index (χ4n) is 1.81. The predicted molar refractivity (Wildman–Crippen MR) is 66.5 cm³/mol. The minimum Gasteiger partial charge on any atom is -0.481 e. The smallest absolute Gasteiger partial charge is 0.244 e. The van der Waals surface area contributed by atoms with Crippen LogP contribution in [0.4, 0.5) is 11.5 Å². The number of carbonyl (C=O) groups is 1. The number of fused-ring (bicyclic) bond motifs is 1. The van der Waals surface area contributed by atoms with Crippen LogP contribution in [0.15, 0.2) is 12.1 Å². The van der Waals surface area contributed by atoms with E-state index >= 15 is 0 Å². The number of ether oxygens (including phenoxy) is 1. The molecular formula is C12H17N3O2. The largest absolute Gasteiger partial charge is 0.481 e. The number of hydrogen-bond acceptors (Lipinski definition) is 4. The zero-order valence-electron chi connectivity index (χ0n) is 10.6. The fraction of sp³-hybridized carbons (Fsp3) is 0.500. The summed E-state index contributed by atoms with van der Waals surface area (Å²) in [7, 11) is 1.58. The summed E-state index contributed by atoms with van der Waals surface area (Å²) >= 11 is 0. The summed E-state index contributed by atoms with van der Waals surface area (Å²) < 4.78 is 5.12. The van der Waals surface area contributed by atoms with Gasteiger partial charge in [0, 0.05) is 11.6 Å². The molecule has 0 spiro atoms. The predicted octanol–water partition coefficient (Wildman–Crippen LogP) is 1.65. The molecule has 1 aliphatic rings. The number of nitrogens with one attached hydrogen (secondary N) is 1. The first kappa shape index (κ1) is 11.7. The third kappa shape index (κ3) is 2.18. The summed E-state index contributed by atoms with van der Waals surface area (Å²) in [5.41, 5.74) is 0.572. The molecule has 1 N–H and O–H groups in total. The molecule has 17 heavy (non-hydrogen) atoms. The molecule has 5 heteroatoms. The average molecular weight is 235 g/mol. The van der Waals surface area contributed by atoms with Gasteiger partial charge >= 0.3 is 0 Å². The maximum Gasteiger partial charge on any atom is 0.244 e. The van der Waals surface area contributed by atoms with Crippen molar-refractivity contribution in [3.63, 3.8) is 0 Å². The number of methoxy groups -OCH3 is 1. The van der Waals surface area contributed by atoms with Crippen LogP contribution in [0.5, 0.6) is 5.88 Å². The number of anilines is 2. The second-order valence-electron chi connectivity index (χ2n) is 5.03. The molecular weight excluding hydrogens is 218 g/mol. The monoisotopic (exact) mass is 235 g/mol. The highest BCUT2D eigenvalue weighted by Crippen LogP contribution is 2.33. The Labute approximate surface area is 101 Å². The zero-order chi connectivity index (χ0) is 12.6. The van der Waals surface area contributed by atoms with Gasteiger partial charge in [-0.3, -0.25) is 4.79 Å². The molecule has 0 fully saturated rings. The Hall–Kier alpha value is -1.78. The number of hydrogen-bond donors (Lipinski definition) is 1. The lowest BCUT2D eigenvalue weighted by Crippen LogP contribution is -2.49. The second-order valence-corrected chi connectivity index (χ2v) is 5.03. The van der Waals surface area contributed by atoms with Gasteiger partial charge in [-0.15, -0.1) is 0 Å². The molecule has 1 amide bonds. The normalized spacial score (nSPS) is 15.3. The Balaban J connectivity index is 2.50. The highest BCUT2D eigenvalue weighted by atomic mass is 16.5. The molecule has 5 nitrogen and oxygen atoms in total. The summed E-state index contributed by atoms with van der Waals surface area (Å²) in [5.74, 6) is 1.30. The Morgan fingerprint density at radius 3 is 2.71 bits per heavy atom. The number of pyridine rings is 1. The summed E-state index contributed by atoms with van der Waals surface area (Å²) in [6.07, 6.45) is 0. The van der Waals surface area contributed by atoms with E-state index in [2.05, 4.69) is 31.1 Å². The van der Waals surface area contributed by atoms with E-state index < -0.39 is 0 Å². The van der Waals surface area contributed by atoms with Gasteiger partial charge < -0.3 is 15.0 Å². The first-order valence-corrected chi connectivity index (χ1v) is 5.54. The van der Waals surface area contributed by atoms with Gasteiger partial charge in [0.15, 0.2) is 5.82 Å². The van der Waals surface area contributed by atoms with Gasteiger partial charge in [-0.1, -0.05) is 0 Å². The molecule has 0 aromatic carbocycles. The van der Waals surface area contributed by atoms with E-state index in [0.717, 1.165) is 11.5 Å². The topological polar surface area (TPSA) is 54.5 Å². The third-order valence-electron chi connectivity index (χ3n) is 2.70.